The lowest BCUT2D eigenvalue weighted by molar-refractivity contribution is 0.254. The molecule has 0 saturated heterocycles. The van der Waals surface area contributed by atoms with Gasteiger partial charge in [-0.05, 0) is 18.2 Å². The van der Waals surface area contributed by atoms with Crippen LogP contribution in [0, 0.1) is 6.07 Å². The van der Waals surface area contributed by atoms with Crippen LogP contribution in [0.2, 0.25) is 0 Å². The summed E-state index contributed by atoms with van der Waals surface area (Å²) in [6, 6.07) is 9.44. The molecule has 0 bridgehead atoms. The molecule has 1 radical (unpaired) electrons. The summed E-state index contributed by atoms with van der Waals surface area (Å²) in [5.41, 5.74) is 5.91. The van der Waals surface area contributed by atoms with Crippen molar-refractivity contribution in [3.05, 3.63) is 43.0 Å². The van der Waals surface area contributed by atoms with Crippen LogP contribution in [0.15, 0.2) is 36.9 Å². The van der Waals surface area contributed by atoms with Crippen molar-refractivity contribution < 1.29 is 4.79 Å². The van der Waals surface area contributed by atoms with Crippen molar-refractivity contribution in [3.8, 4) is 0 Å². The van der Waals surface area contributed by atoms with Crippen molar-refractivity contribution in [1.29, 1.82) is 0 Å². The Kier molecular flexibility index (Phi) is 3.09. The number of urea groups is 1. The molecule has 0 aromatic heterocycles. The molecule has 0 atom stereocenters. The quantitative estimate of drug-likeness (QED) is 0.696. The van der Waals surface area contributed by atoms with Gasteiger partial charge in [0.2, 0.25) is 0 Å². The SMILES string of the molecule is C=CCN(C(N)=O)c1c[c]ccc1. The number of nitrogens with two attached hydrogens (primary N) is 1. The van der Waals surface area contributed by atoms with Crippen molar-refractivity contribution in [1.82, 2.24) is 0 Å². The summed E-state index contributed by atoms with van der Waals surface area (Å²) in [4.78, 5) is 12.4. The highest BCUT2D eigenvalue weighted by atomic mass is 16.2. The Labute approximate surface area is 77.5 Å². The van der Waals surface area contributed by atoms with Crippen LogP contribution in [-0.2, 0) is 0 Å². The number of carbonyl (C=O) groups is 1. The number of carbonyl (C=O) groups excluding carboxylic acids is 1. The van der Waals surface area contributed by atoms with Gasteiger partial charge in [-0.1, -0.05) is 18.2 Å². The number of rotatable bonds is 3. The Bertz CT molecular complexity index is 295. The first-order valence-electron chi connectivity index (χ1n) is 3.89. The number of benzene rings is 1. The zero-order valence-electron chi connectivity index (χ0n) is 7.23. The molecule has 2 amide bonds. The molecule has 0 aliphatic carbocycles. The van der Waals surface area contributed by atoms with Crippen LogP contribution < -0.4 is 10.6 Å². The van der Waals surface area contributed by atoms with Gasteiger partial charge in [0.15, 0.2) is 0 Å². The summed E-state index contributed by atoms with van der Waals surface area (Å²) < 4.78 is 0. The highest BCUT2D eigenvalue weighted by molar-refractivity contribution is 5.90. The Morgan fingerprint density at radius 3 is 3.00 bits per heavy atom. The molecule has 1 aromatic rings. The van der Waals surface area contributed by atoms with E-state index in [9.17, 15) is 4.79 Å². The van der Waals surface area contributed by atoms with E-state index in [1.165, 1.54) is 4.90 Å². The van der Waals surface area contributed by atoms with Crippen LogP contribution in [-0.4, -0.2) is 12.6 Å². The molecular formula is C10H11N2O. The van der Waals surface area contributed by atoms with E-state index < -0.39 is 6.03 Å². The maximum atomic E-state index is 11.0. The Morgan fingerprint density at radius 2 is 2.54 bits per heavy atom. The fourth-order valence-corrected chi connectivity index (χ4v) is 1.00. The monoisotopic (exact) mass is 175 g/mol. The third-order valence-electron chi connectivity index (χ3n) is 1.58. The number of primary amides is 1. The molecule has 0 heterocycles. The van der Waals surface area contributed by atoms with Crippen molar-refractivity contribution in [3.63, 3.8) is 0 Å². The van der Waals surface area contributed by atoms with Crippen LogP contribution >= 0.6 is 0 Å². The standard InChI is InChI=1S/C10H11N2O/c1-2-8-12(10(11)13)9-6-4-3-5-7-9/h2-4,6-7H,1,8H2,(H2,11,13). The number of nitrogens with zero attached hydrogens (tertiary/aromatic N) is 1. The minimum absolute atomic E-state index is 0.410. The second-order valence-corrected chi connectivity index (χ2v) is 2.50. The summed E-state index contributed by atoms with van der Waals surface area (Å²) in [6.45, 7) is 3.96. The highest BCUT2D eigenvalue weighted by Gasteiger charge is 2.08. The molecule has 3 heteroatoms. The van der Waals surface area contributed by atoms with Crippen molar-refractivity contribution in [2.45, 2.75) is 0 Å². The van der Waals surface area contributed by atoms with Crippen molar-refractivity contribution in [2.75, 3.05) is 11.4 Å². The molecule has 0 aliphatic heterocycles. The Morgan fingerprint density at radius 1 is 1.77 bits per heavy atom. The summed E-state index contributed by atoms with van der Waals surface area (Å²) in [7, 11) is 0. The van der Waals surface area contributed by atoms with Gasteiger partial charge in [-0.25, -0.2) is 4.79 Å². The van der Waals surface area contributed by atoms with Gasteiger partial charge in [0.05, 0.1) is 0 Å². The first kappa shape index (κ1) is 9.32. The predicted molar refractivity (Wildman–Crippen MR) is 52.4 cm³/mol. The van der Waals surface area contributed by atoms with E-state index in [1.807, 2.05) is 0 Å². The van der Waals surface area contributed by atoms with E-state index in [0.717, 1.165) is 5.69 Å². The second kappa shape index (κ2) is 4.30. The van der Waals surface area contributed by atoms with Gasteiger partial charge >= 0.3 is 6.03 Å². The summed E-state index contributed by atoms with van der Waals surface area (Å²) >= 11 is 0. The molecule has 13 heavy (non-hydrogen) atoms. The Balaban J connectivity index is 2.88. The normalized spacial score (nSPS) is 9.23. The topological polar surface area (TPSA) is 46.3 Å². The van der Waals surface area contributed by atoms with Gasteiger partial charge in [0.25, 0.3) is 0 Å². The first-order chi connectivity index (χ1) is 6.25. The molecule has 0 unspecified atom stereocenters. The van der Waals surface area contributed by atoms with Gasteiger partial charge in [0.1, 0.15) is 0 Å². The molecule has 1 aromatic carbocycles. The maximum absolute atomic E-state index is 11.0. The maximum Gasteiger partial charge on any atom is 0.319 e. The zero-order chi connectivity index (χ0) is 9.68. The summed E-state index contributed by atoms with van der Waals surface area (Å²) in [6.07, 6.45) is 1.62. The molecule has 0 fully saturated rings. The van der Waals surface area contributed by atoms with Gasteiger partial charge < -0.3 is 5.73 Å². The fraction of sp³-hybridized carbons (Fsp3) is 0.100. The van der Waals surface area contributed by atoms with Crippen LogP contribution in [0.4, 0.5) is 10.5 Å². The first-order valence-corrected chi connectivity index (χ1v) is 3.89. The largest absolute Gasteiger partial charge is 0.351 e. The molecular weight excluding hydrogens is 164 g/mol. The average Bonchev–Trinajstić information content (AvgIpc) is 2.15. The van der Waals surface area contributed by atoms with Gasteiger partial charge in [-0.3, -0.25) is 4.90 Å². The molecule has 3 nitrogen and oxygen atoms in total. The second-order valence-electron chi connectivity index (χ2n) is 2.50. The minimum atomic E-state index is -0.487. The van der Waals surface area contributed by atoms with E-state index in [-0.39, 0.29) is 0 Å². The lowest BCUT2D eigenvalue weighted by Gasteiger charge is -2.17. The Hall–Kier alpha value is -1.77. The zero-order valence-corrected chi connectivity index (χ0v) is 7.23. The smallest absolute Gasteiger partial charge is 0.319 e. The molecule has 2 N–H and O–H groups in total. The molecule has 0 saturated carbocycles. The third kappa shape index (κ3) is 2.33. The fourth-order valence-electron chi connectivity index (χ4n) is 1.00. The van der Waals surface area contributed by atoms with Gasteiger partial charge in [-0.2, -0.15) is 0 Å². The highest BCUT2D eigenvalue weighted by Crippen LogP contribution is 2.11. The van der Waals surface area contributed by atoms with E-state index in [4.69, 9.17) is 5.73 Å². The van der Waals surface area contributed by atoms with E-state index in [1.54, 1.807) is 30.3 Å². The van der Waals surface area contributed by atoms with Crippen LogP contribution in [0.3, 0.4) is 0 Å². The molecule has 0 aliphatic rings. The van der Waals surface area contributed by atoms with E-state index >= 15 is 0 Å². The van der Waals surface area contributed by atoms with Gasteiger partial charge in [-0.15, -0.1) is 6.58 Å². The third-order valence-corrected chi connectivity index (χ3v) is 1.58. The predicted octanol–water partition coefficient (Wildman–Crippen LogP) is 1.56. The molecule has 0 spiro atoms. The van der Waals surface area contributed by atoms with E-state index in [0.29, 0.717) is 6.54 Å². The number of hydrogen-bond donors (Lipinski definition) is 1. The summed E-state index contributed by atoms with van der Waals surface area (Å²) in [5, 5.41) is 0. The number of anilines is 1. The number of amides is 2. The molecule has 67 valence electrons. The van der Waals surface area contributed by atoms with Crippen LogP contribution in [0.5, 0.6) is 0 Å². The lowest BCUT2D eigenvalue weighted by atomic mass is 10.3. The minimum Gasteiger partial charge on any atom is -0.351 e. The number of hydrogen-bond acceptors (Lipinski definition) is 1. The van der Waals surface area contributed by atoms with E-state index in [2.05, 4.69) is 12.6 Å². The van der Waals surface area contributed by atoms with Gasteiger partial charge in [0, 0.05) is 12.2 Å². The van der Waals surface area contributed by atoms with Crippen molar-refractivity contribution in [2.24, 2.45) is 5.73 Å². The van der Waals surface area contributed by atoms with Crippen LogP contribution in [0.1, 0.15) is 0 Å². The lowest BCUT2D eigenvalue weighted by Crippen LogP contribution is -2.35. The molecule has 1 rings (SSSR count). The van der Waals surface area contributed by atoms with Crippen LogP contribution in [0.25, 0.3) is 0 Å². The van der Waals surface area contributed by atoms with Crippen molar-refractivity contribution >= 4 is 11.7 Å². The average molecular weight is 175 g/mol. The summed E-state index contributed by atoms with van der Waals surface area (Å²) in [5.74, 6) is 0.